The van der Waals surface area contributed by atoms with E-state index in [9.17, 15) is 4.79 Å². The molecule has 2 aromatic rings. The third kappa shape index (κ3) is 2.79. The number of carbonyl (C=O) groups excluding carboxylic acids is 1. The standard InChI is InChI=1S/C18H20N4O/c23-17(22-10-9-13-5-1-4-8-16(13)22)14-11-19-18(20-12-14)21-15-6-2-3-7-15/h1,4-5,8,11-12,15H,2-3,6-7,9-10H2,(H,19,20,21). The zero-order valence-electron chi connectivity index (χ0n) is 13.0. The number of nitrogens with one attached hydrogen (secondary N) is 1. The van der Waals surface area contributed by atoms with Crippen LogP contribution in [0.1, 0.15) is 41.6 Å². The molecule has 1 amide bonds. The van der Waals surface area contributed by atoms with Gasteiger partial charge in [-0.15, -0.1) is 0 Å². The van der Waals surface area contributed by atoms with Crippen LogP contribution in [0.3, 0.4) is 0 Å². The number of fused-ring (bicyclic) bond motifs is 1. The number of nitrogens with zero attached hydrogens (tertiary/aromatic N) is 3. The fourth-order valence-corrected chi connectivity index (χ4v) is 3.47. The van der Waals surface area contributed by atoms with Crippen molar-refractivity contribution in [2.24, 2.45) is 0 Å². The minimum Gasteiger partial charge on any atom is -0.351 e. The number of aromatic nitrogens is 2. The maximum atomic E-state index is 12.7. The molecule has 1 aromatic carbocycles. The third-order valence-electron chi connectivity index (χ3n) is 4.72. The molecule has 1 aromatic heterocycles. The predicted octanol–water partition coefficient (Wildman–Crippen LogP) is 3.03. The lowest BCUT2D eigenvalue weighted by molar-refractivity contribution is 0.0988. The molecular weight excluding hydrogens is 288 g/mol. The van der Waals surface area contributed by atoms with Crippen LogP contribution in [-0.4, -0.2) is 28.5 Å². The van der Waals surface area contributed by atoms with E-state index in [1.165, 1.54) is 31.2 Å². The van der Waals surface area contributed by atoms with Gasteiger partial charge >= 0.3 is 0 Å². The number of anilines is 2. The first-order valence-corrected chi connectivity index (χ1v) is 8.29. The van der Waals surface area contributed by atoms with E-state index in [0.29, 0.717) is 17.6 Å². The van der Waals surface area contributed by atoms with E-state index in [2.05, 4.69) is 21.4 Å². The van der Waals surface area contributed by atoms with Crippen LogP contribution >= 0.6 is 0 Å². The van der Waals surface area contributed by atoms with Crippen molar-refractivity contribution >= 4 is 17.5 Å². The van der Waals surface area contributed by atoms with Gasteiger partial charge in [-0.05, 0) is 30.9 Å². The summed E-state index contributed by atoms with van der Waals surface area (Å²) in [6.45, 7) is 0.722. The van der Waals surface area contributed by atoms with Gasteiger partial charge in [0.1, 0.15) is 0 Å². The Morgan fingerprint density at radius 3 is 2.65 bits per heavy atom. The molecule has 0 unspecified atom stereocenters. The Kier molecular flexibility index (Phi) is 3.69. The molecule has 4 rings (SSSR count). The van der Waals surface area contributed by atoms with Crippen molar-refractivity contribution in [3.05, 3.63) is 47.8 Å². The normalized spacial score (nSPS) is 17.3. The van der Waals surface area contributed by atoms with Crippen molar-refractivity contribution in [3.63, 3.8) is 0 Å². The second kappa shape index (κ2) is 5.99. The van der Waals surface area contributed by atoms with E-state index >= 15 is 0 Å². The summed E-state index contributed by atoms with van der Waals surface area (Å²) in [4.78, 5) is 23.2. The molecule has 0 bridgehead atoms. The van der Waals surface area contributed by atoms with Crippen LogP contribution < -0.4 is 10.2 Å². The van der Waals surface area contributed by atoms with Crippen molar-refractivity contribution in [2.75, 3.05) is 16.8 Å². The van der Waals surface area contributed by atoms with E-state index in [0.717, 1.165) is 18.7 Å². The van der Waals surface area contributed by atoms with Gasteiger partial charge in [0, 0.05) is 30.7 Å². The summed E-state index contributed by atoms with van der Waals surface area (Å²) >= 11 is 0. The molecule has 1 saturated carbocycles. The van der Waals surface area contributed by atoms with Gasteiger partial charge in [0.25, 0.3) is 5.91 Å². The topological polar surface area (TPSA) is 58.1 Å². The molecule has 23 heavy (non-hydrogen) atoms. The lowest BCUT2D eigenvalue weighted by Crippen LogP contribution is -2.29. The lowest BCUT2D eigenvalue weighted by atomic mass is 10.2. The SMILES string of the molecule is O=C(c1cnc(NC2CCCC2)nc1)N1CCc2ccccc21. The number of benzene rings is 1. The van der Waals surface area contributed by atoms with Crippen molar-refractivity contribution in [2.45, 2.75) is 38.1 Å². The number of rotatable bonds is 3. The van der Waals surface area contributed by atoms with Gasteiger partial charge in [0.2, 0.25) is 5.95 Å². The van der Waals surface area contributed by atoms with E-state index in [1.54, 1.807) is 12.4 Å². The summed E-state index contributed by atoms with van der Waals surface area (Å²) in [7, 11) is 0. The van der Waals surface area contributed by atoms with Gasteiger partial charge < -0.3 is 10.2 Å². The molecule has 5 heteroatoms. The molecule has 118 valence electrons. The number of amides is 1. The van der Waals surface area contributed by atoms with E-state index in [1.807, 2.05) is 23.1 Å². The van der Waals surface area contributed by atoms with E-state index in [-0.39, 0.29) is 5.91 Å². The highest BCUT2D eigenvalue weighted by atomic mass is 16.2. The number of carbonyl (C=O) groups is 1. The second-order valence-electron chi connectivity index (χ2n) is 6.26. The fourth-order valence-electron chi connectivity index (χ4n) is 3.47. The predicted molar refractivity (Wildman–Crippen MR) is 89.7 cm³/mol. The number of hydrogen-bond acceptors (Lipinski definition) is 4. The Labute approximate surface area is 135 Å². The molecular formula is C18H20N4O. The highest BCUT2D eigenvalue weighted by Crippen LogP contribution is 2.28. The van der Waals surface area contributed by atoms with Crippen molar-refractivity contribution in [1.82, 2.24) is 9.97 Å². The Bertz CT molecular complexity index is 707. The summed E-state index contributed by atoms with van der Waals surface area (Å²) < 4.78 is 0. The van der Waals surface area contributed by atoms with Crippen LogP contribution in [0.5, 0.6) is 0 Å². The van der Waals surface area contributed by atoms with Crippen LogP contribution in [0.25, 0.3) is 0 Å². The average molecular weight is 308 g/mol. The quantitative estimate of drug-likeness (QED) is 0.947. The smallest absolute Gasteiger partial charge is 0.261 e. The van der Waals surface area contributed by atoms with Crippen LogP contribution in [0.15, 0.2) is 36.7 Å². The van der Waals surface area contributed by atoms with Crippen LogP contribution in [0.4, 0.5) is 11.6 Å². The Morgan fingerprint density at radius 1 is 1.13 bits per heavy atom. The average Bonchev–Trinajstić information content (AvgIpc) is 3.24. The van der Waals surface area contributed by atoms with Crippen LogP contribution in [0, 0.1) is 0 Å². The van der Waals surface area contributed by atoms with Crippen molar-refractivity contribution < 1.29 is 4.79 Å². The van der Waals surface area contributed by atoms with Gasteiger partial charge in [-0.1, -0.05) is 31.0 Å². The maximum absolute atomic E-state index is 12.7. The molecule has 5 nitrogen and oxygen atoms in total. The maximum Gasteiger partial charge on any atom is 0.261 e. The monoisotopic (exact) mass is 308 g/mol. The molecule has 1 aliphatic heterocycles. The number of para-hydroxylation sites is 1. The third-order valence-corrected chi connectivity index (χ3v) is 4.72. The van der Waals surface area contributed by atoms with Gasteiger partial charge in [-0.2, -0.15) is 0 Å². The molecule has 1 aliphatic carbocycles. The zero-order chi connectivity index (χ0) is 15.6. The molecule has 1 N–H and O–H groups in total. The summed E-state index contributed by atoms with van der Waals surface area (Å²) in [6, 6.07) is 8.53. The Morgan fingerprint density at radius 2 is 1.87 bits per heavy atom. The molecule has 2 aliphatic rings. The summed E-state index contributed by atoms with van der Waals surface area (Å²) in [5.41, 5.74) is 2.77. The van der Waals surface area contributed by atoms with Crippen molar-refractivity contribution in [3.8, 4) is 0 Å². The second-order valence-corrected chi connectivity index (χ2v) is 6.26. The molecule has 2 heterocycles. The largest absolute Gasteiger partial charge is 0.351 e. The van der Waals surface area contributed by atoms with E-state index < -0.39 is 0 Å². The summed E-state index contributed by atoms with van der Waals surface area (Å²) in [6.07, 6.45) is 9.06. The summed E-state index contributed by atoms with van der Waals surface area (Å²) in [5, 5.41) is 3.35. The minimum absolute atomic E-state index is 0.0256. The van der Waals surface area contributed by atoms with Crippen LogP contribution in [-0.2, 0) is 6.42 Å². The highest BCUT2D eigenvalue weighted by molar-refractivity contribution is 6.06. The number of hydrogen-bond donors (Lipinski definition) is 1. The van der Waals surface area contributed by atoms with Gasteiger partial charge in [-0.25, -0.2) is 9.97 Å². The lowest BCUT2D eigenvalue weighted by Gasteiger charge is -2.17. The Balaban J connectivity index is 1.49. The first kappa shape index (κ1) is 14.2. The summed E-state index contributed by atoms with van der Waals surface area (Å²) in [5.74, 6) is 0.595. The molecule has 0 spiro atoms. The molecule has 1 fully saturated rings. The minimum atomic E-state index is -0.0256. The fraction of sp³-hybridized carbons (Fsp3) is 0.389. The molecule has 0 atom stereocenters. The van der Waals surface area contributed by atoms with E-state index in [4.69, 9.17) is 0 Å². The van der Waals surface area contributed by atoms with Crippen LogP contribution in [0.2, 0.25) is 0 Å². The first-order chi connectivity index (χ1) is 11.3. The zero-order valence-corrected chi connectivity index (χ0v) is 13.0. The Hall–Kier alpha value is -2.43. The highest BCUT2D eigenvalue weighted by Gasteiger charge is 2.25. The van der Waals surface area contributed by atoms with Gasteiger partial charge in [0.15, 0.2) is 0 Å². The first-order valence-electron chi connectivity index (χ1n) is 8.29. The van der Waals surface area contributed by atoms with Crippen molar-refractivity contribution in [1.29, 1.82) is 0 Å². The van der Waals surface area contributed by atoms with Gasteiger partial charge in [-0.3, -0.25) is 4.79 Å². The molecule has 0 saturated heterocycles. The molecule has 0 radical (unpaired) electrons. The van der Waals surface area contributed by atoms with Gasteiger partial charge in [0.05, 0.1) is 5.56 Å².